The van der Waals surface area contributed by atoms with E-state index in [0.717, 1.165) is 55.8 Å². The summed E-state index contributed by atoms with van der Waals surface area (Å²) >= 11 is 0. The molecule has 0 aromatic carbocycles. The van der Waals surface area contributed by atoms with Crippen LogP contribution in [-0.4, -0.2) is 62.7 Å². The summed E-state index contributed by atoms with van der Waals surface area (Å²) in [5.41, 5.74) is 2.19. The van der Waals surface area contributed by atoms with E-state index in [-0.39, 0.29) is 12.0 Å². The second-order valence-corrected chi connectivity index (χ2v) is 7.86. The Labute approximate surface area is 174 Å². The summed E-state index contributed by atoms with van der Waals surface area (Å²) in [5.74, 6) is 0.780. The summed E-state index contributed by atoms with van der Waals surface area (Å²) in [6, 6.07) is 5.99. The highest BCUT2D eigenvalue weighted by Crippen LogP contribution is 2.25. The molecular weight excluding hydrogens is 382 g/mol. The number of piperidine rings is 1. The van der Waals surface area contributed by atoms with E-state index < -0.39 is 0 Å². The number of likely N-dealkylation sites (tertiary alicyclic amines) is 1. The lowest BCUT2D eigenvalue weighted by Crippen LogP contribution is -2.41. The Bertz CT molecular complexity index is 1010. The third kappa shape index (κ3) is 3.87. The molecule has 0 unspecified atom stereocenters. The number of aromatic nitrogens is 4. The lowest BCUT2D eigenvalue weighted by atomic mass is 10.1. The third-order valence-electron chi connectivity index (χ3n) is 5.91. The number of rotatable bonds is 4. The second-order valence-electron chi connectivity index (χ2n) is 7.86. The van der Waals surface area contributed by atoms with Crippen molar-refractivity contribution in [3.63, 3.8) is 0 Å². The molecule has 8 nitrogen and oxygen atoms in total. The summed E-state index contributed by atoms with van der Waals surface area (Å²) in [7, 11) is 0. The van der Waals surface area contributed by atoms with Gasteiger partial charge in [0.2, 0.25) is 0 Å². The van der Waals surface area contributed by atoms with Crippen LogP contribution in [0.5, 0.6) is 5.75 Å². The van der Waals surface area contributed by atoms with Gasteiger partial charge in [-0.15, -0.1) is 0 Å². The zero-order valence-corrected chi connectivity index (χ0v) is 16.8. The Hall–Kier alpha value is -3.00. The van der Waals surface area contributed by atoms with Gasteiger partial charge in [-0.3, -0.25) is 9.78 Å². The van der Waals surface area contributed by atoms with Crippen LogP contribution in [0.4, 0.5) is 0 Å². The van der Waals surface area contributed by atoms with Gasteiger partial charge in [-0.1, -0.05) is 0 Å². The predicted octanol–water partition coefficient (Wildman–Crippen LogP) is 2.86. The van der Waals surface area contributed by atoms with E-state index in [4.69, 9.17) is 9.47 Å². The van der Waals surface area contributed by atoms with E-state index in [1.54, 1.807) is 18.6 Å². The minimum Gasteiger partial charge on any atom is -0.489 e. The van der Waals surface area contributed by atoms with Gasteiger partial charge in [0.25, 0.3) is 5.91 Å². The molecule has 30 heavy (non-hydrogen) atoms. The monoisotopic (exact) mass is 407 g/mol. The van der Waals surface area contributed by atoms with Gasteiger partial charge in [-0.2, -0.15) is 0 Å². The number of hydrogen-bond acceptors (Lipinski definition) is 6. The van der Waals surface area contributed by atoms with Crippen LogP contribution in [0.2, 0.25) is 0 Å². The lowest BCUT2D eigenvalue weighted by molar-refractivity contribution is 0.0594. The smallest absolute Gasteiger partial charge is 0.255 e. The molecule has 0 N–H and O–H groups in total. The first-order valence-electron chi connectivity index (χ1n) is 10.5. The first-order chi connectivity index (χ1) is 14.8. The number of carbonyl (C=O) groups is 1. The summed E-state index contributed by atoms with van der Waals surface area (Å²) in [6.07, 6.45) is 10.6. The highest BCUT2D eigenvalue weighted by Gasteiger charge is 2.26. The van der Waals surface area contributed by atoms with Gasteiger partial charge >= 0.3 is 0 Å². The molecule has 1 amide bonds. The molecule has 0 saturated carbocycles. The molecule has 2 fully saturated rings. The van der Waals surface area contributed by atoms with Crippen molar-refractivity contribution in [1.82, 2.24) is 24.4 Å². The van der Waals surface area contributed by atoms with Crippen molar-refractivity contribution in [2.45, 2.75) is 37.8 Å². The Morgan fingerprint density at radius 1 is 1.10 bits per heavy atom. The zero-order valence-electron chi connectivity index (χ0n) is 16.8. The van der Waals surface area contributed by atoms with Gasteiger partial charge in [-0.05, 0) is 31.0 Å². The van der Waals surface area contributed by atoms with Crippen LogP contribution in [-0.2, 0) is 4.74 Å². The fraction of sp³-hybridized carbons (Fsp3) is 0.455. The summed E-state index contributed by atoms with van der Waals surface area (Å²) in [4.78, 5) is 28.0. The highest BCUT2D eigenvalue weighted by molar-refractivity contribution is 5.96. The molecule has 3 aromatic heterocycles. The van der Waals surface area contributed by atoms with E-state index in [9.17, 15) is 4.79 Å². The average Bonchev–Trinajstić information content (AvgIpc) is 3.24. The fourth-order valence-corrected chi connectivity index (χ4v) is 4.24. The largest absolute Gasteiger partial charge is 0.489 e. The van der Waals surface area contributed by atoms with Crippen molar-refractivity contribution in [1.29, 1.82) is 0 Å². The average molecular weight is 407 g/mol. The van der Waals surface area contributed by atoms with Crippen LogP contribution in [0.15, 0.2) is 43.1 Å². The summed E-state index contributed by atoms with van der Waals surface area (Å²) in [6.45, 7) is 2.86. The number of imidazole rings is 1. The van der Waals surface area contributed by atoms with Gasteiger partial charge in [-0.25, -0.2) is 9.97 Å². The van der Waals surface area contributed by atoms with Gasteiger partial charge in [0.1, 0.15) is 17.4 Å². The fourth-order valence-electron chi connectivity index (χ4n) is 4.24. The van der Waals surface area contributed by atoms with Crippen LogP contribution in [0.1, 0.15) is 42.1 Å². The Morgan fingerprint density at radius 3 is 2.70 bits per heavy atom. The maximum atomic E-state index is 13.0. The maximum absolute atomic E-state index is 13.0. The predicted molar refractivity (Wildman–Crippen MR) is 110 cm³/mol. The molecule has 0 radical (unpaired) electrons. The van der Waals surface area contributed by atoms with Crippen molar-refractivity contribution >= 4 is 17.1 Å². The van der Waals surface area contributed by atoms with Gasteiger partial charge < -0.3 is 18.9 Å². The van der Waals surface area contributed by atoms with Gasteiger partial charge in [0.15, 0.2) is 5.65 Å². The quantitative estimate of drug-likeness (QED) is 0.661. The second kappa shape index (κ2) is 8.39. The molecule has 156 valence electrons. The first-order valence-corrected chi connectivity index (χ1v) is 10.5. The molecule has 5 heterocycles. The number of nitrogens with zero attached hydrogens (tertiary/aromatic N) is 5. The minimum atomic E-state index is 0.00449. The van der Waals surface area contributed by atoms with Gasteiger partial charge in [0.05, 0.1) is 18.1 Å². The molecule has 8 heteroatoms. The van der Waals surface area contributed by atoms with Crippen LogP contribution in [0, 0.1) is 0 Å². The zero-order chi connectivity index (χ0) is 20.3. The Morgan fingerprint density at radius 2 is 1.93 bits per heavy atom. The number of hydrogen-bond donors (Lipinski definition) is 0. The molecule has 2 aliphatic rings. The van der Waals surface area contributed by atoms with E-state index in [2.05, 4.69) is 19.5 Å². The molecule has 2 saturated heterocycles. The number of fused-ring (bicyclic) bond motifs is 1. The standard InChI is InChI=1S/C22H25N5O3/c28-22(26-8-3-18(4-9-26)30-19-2-1-7-23-14-19)16-12-20-21(24-13-16)27(15-25-20)17-5-10-29-11-6-17/h1-2,7,12-15,17-18H,3-6,8-11H2. The Balaban J connectivity index is 1.24. The summed E-state index contributed by atoms with van der Waals surface area (Å²) in [5, 5.41) is 0. The molecule has 3 aromatic rings. The number of carbonyl (C=O) groups excluding carboxylic acids is 1. The SMILES string of the molecule is O=C(c1cnc2c(c1)ncn2C1CCOCC1)N1CCC(Oc2cccnc2)CC1. The van der Waals surface area contributed by atoms with Gasteiger partial charge in [0, 0.05) is 57.6 Å². The molecule has 0 spiro atoms. The molecule has 0 atom stereocenters. The van der Waals surface area contributed by atoms with Crippen LogP contribution in [0.3, 0.4) is 0 Å². The van der Waals surface area contributed by atoms with Crippen molar-refractivity contribution in [2.75, 3.05) is 26.3 Å². The van der Waals surface area contributed by atoms with Crippen molar-refractivity contribution < 1.29 is 14.3 Å². The normalized spacial score (nSPS) is 18.6. The topological polar surface area (TPSA) is 82.4 Å². The lowest BCUT2D eigenvalue weighted by Gasteiger charge is -2.32. The third-order valence-corrected chi connectivity index (χ3v) is 5.91. The van der Waals surface area contributed by atoms with Crippen LogP contribution >= 0.6 is 0 Å². The molecule has 5 rings (SSSR count). The maximum Gasteiger partial charge on any atom is 0.255 e. The number of ether oxygens (including phenoxy) is 2. The van der Waals surface area contributed by atoms with Crippen molar-refractivity contribution in [3.8, 4) is 5.75 Å². The molecule has 0 bridgehead atoms. The molecule has 0 aliphatic carbocycles. The Kier molecular flexibility index (Phi) is 5.31. The number of pyridine rings is 2. The first kappa shape index (κ1) is 19.0. The minimum absolute atomic E-state index is 0.00449. The van der Waals surface area contributed by atoms with Crippen LogP contribution < -0.4 is 4.74 Å². The van der Waals surface area contributed by atoms with Crippen LogP contribution in [0.25, 0.3) is 11.2 Å². The van der Waals surface area contributed by atoms with Crippen molar-refractivity contribution in [3.05, 3.63) is 48.7 Å². The number of amides is 1. The molecular formula is C22H25N5O3. The van der Waals surface area contributed by atoms with Crippen molar-refractivity contribution in [2.24, 2.45) is 0 Å². The van der Waals surface area contributed by atoms with E-state index >= 15 is 0 Å². The summed E-state index contributed by atoms with van der Waals surface area (Å²) < 4.78 is 13.5. The highest BCUT2D eigenvalue weighted by atomic mass is 16.5. The van der Waals surface area contributed by atoms with E-state index in [1.807, 2.05) is 29.4 Å². The van der Waals surface area contributed by atoms with E-state index in [1.165, 1.54) is 0 Å². The van der Waals surface area contributed by atoms with E-state index in [0.29, 0.717) is 24.7 Å². The molecule has 2 aliphatic heterocycles.